The number of carbonyl (C=O) groups excluding carboxylic acids is 1. The van der Waals surface area contributed by atoms with Gasteiger partial charge in [-0.25, -0.2) is 0 Å². The van der Waals surface area contributed by atoms with Gasteiger partial charge in [-0.2, -0.15) is 0 Å². The van der Waals surface area contributed by atoms with E-state index in [0.717, 1.165) is 36.0 Å². The van der Waals surface area contributed by atoms with Gasteiger partial charge in [0.05, 0.1) is 6.54 Å². The van der Waals surface area contributed by atoms with E-state index in [2.05, 4.69) is 26.2 Å². The average molecular weight is 298 g/mol. The Hall–Kier alpha value is -0.940. The summed E-state index contributed by atoms with van der Waals surface area (Å²) < 4.78 is 0.961. The molecule has 1 aliphatic heterocycles. The number of amides is 1. The number of rotatable bonds is 4. The second kappa shape index (κ2) is 6.12. The van der Waals surface area contributed by atoms with E-state index >= 15 is 0 Å². The summed E-state index contributed by atoms with van der Waals surface area (Å²) in [4.78, 5) is 17.7. The molecule has 1 aliphatic rings. The van der Waals surface area contributed by atoms with Crippen LogP contribution in [0.5, 0.6) is 0 Å². The third kappa shape index (κ3) is 3.78. The summed E-state index contributed by atoms with van der Waals surface area (Å²) in [5.41, 5.74) is 1.08. The molecule has 0 spiro atoms. The van der Waals surface area contributed by atoms with Gasteiger partial charge in [-0.05, 0) is 40.4 Å². The van der Waals surface area contributed by atoms with Crippen molar-refractivity contribution < 1.29 is 4.79 Å². The van der Waals surface area contributed by atoms with E-state index in [0.29, 0.717) is 13.1 Å². The number of nitrogens with zero attached hydrogens (tertiary/aromatic N) is 2. The van der Waals surface area contributed by atoms with Gasteiger partial charge in [-0.3, -0.25) is 9.78 Å². The number of nitrogens with one attached hydrogen (secondary N) is 1. The van der Waals surface area contributed by atoms with Gasteiger partial charge >= 0.3 is 0 Å². The van der Waals surface area contributed by atoms with E-state index in [9.17, 15) is 4.79 Å². The molecule has 2 heterocycles. The van der Waals surface area contributed by atoms with Crippen molar-refractivity contribution in [2.24, 2.45) is 0 Å². The minimum Gasteiger partial charge on any atom is -0.342 e. The number of pyridine rings is 1. The molecule has 5 heteroatoms. The smallest absolute Gasteiger partial charge is 0.236 e. The zero-order valence-corrected chi connectivity index (χ0v) is 11.2. The quantitative estimate of drug-likeness (QED) is 0.917. The summed E-state index contributed by atoms with van der Waals surface area (Å²) in [6.45, 7) is 2.91. The molecule has 2 rings (SSSR count). The molecule has 1 saturated heterocycles. The molecule has 1 amide bonds. The molecule has 0 aromatic carbocycles. The minimum absolute atomic E-state index is 0.199. The molecular weight excluding hydrogens is 282 g/mol. The number of hydrogen-bond acceptors (Lipinski definition) is 3. The standard InChI is InChI=1S/C12H16BrN3O/c13-11-5-10(6-14-8-11)7-15-9-12(17)16-3-1-2-4-16/h5-6,8,15H,1-4,7,9H2. The first kappa shape index (κ1) is 12.5. The molecule has 0 bridgehead atoms. The Morgan fingerprint density at radius 1 is 1.41 bits per heavy atom. The van der Waals surface area contributed by atoms with E-state index in [1.165, 1.54) is 0 Å². The Morgan fingerprint density at radius 3 is 2.88 bits per heavy atom. The topological polar surface area (TPSA) is 45.2 Å². The number of carbonyl (C=O) groups is 1. The molecule has 1 N–H and O–H groups in total. The molecule has 1 aromatic rings. The number of likely N-dealkylation sites (tertiary alicyclic amines) is 1. The maximum absolute atomic E-state index is 11.7. The van der Waals surface area contributed by atoms with Crippen LogP contribution in [0.3, 0.4) is 0 Å². The maximum atomic E-state index is 11.7. The summed E-state index contributed by atoms with van der Waals surface area (Å²) in [5, 5.41) is 3.15. The van der Waals surface area contributed by atoms with Crippen molar-refractivity contribution in [1.29, 1.82) is 0 Å². The Kier molecular flexibility index (Phi) is 4.50. The molecule has 92 valence electrons. The number of hydrogen-bond donors (Lipinski definition) is 1. The zero-order valence-electron chi connectivity index (χ0n) is 9.66. The van der Waals surface area contributed by atoms with Crippen molar-refractivity contribution in [3.05, 3.63) is 28.5 Å². The van der Waals surface area contributed by atoms with Crippen molar-refractivity contribution in [2.75, 3.05) is 19.6 Å². The lowest BCUT2D eigenvalue weighted by atomic mass is 10.3. The van der Waals surface area contributed by atoms with Crippen LogP contribution < -0.4 is 5.32 Å². The lowest BCUT2D eigenvalue weighted by Crippen LogP contribution is -2.35. The molecule has 0 unspecified atom stereocenters. The third-order valence-electron chi connectivity index (χ3n) is 2.83. The van der Waals surface area contributed by atoms with Crippen LogP contribution in [0, 0.1) is 0 Å². The molecule has 1 fully saturated rings. The van der Waals surface area contributed by atoms with Crippen LogP contribution in [0.15, 0.2) is 22.9 Å². The number of aromatic nitrogens is 1. The first-order chi connectivity index (χ1) is 8.25. The molecule has 0 saturated carbocycles. The SMILES string of the molecule is O=C(CNCc1cncc(Br)c1)N1CCCC1. The predicted octanol–water partition coefficient (Wildman–Crippen LogP) is 1.56. The van der Waals surface area contributed by atoms with Crippen molar-refractivity contribution in [2.45, 2.75) is 19.4 Å². The summed E-state index contributed by atoms with van der Waals surface area (Å²) >= 11 is 3.37. The molecule has 1 aromatic heterocycles. The first-order valence-electron chi connectivity index (χ1n) is 5.83. The van der Waals surface area contributed by atoms with Crippen molar-refractivity contribution in [1.82, 2.24) is 15.2 Å². The minimum atomic E-state index is 0.199. The maximum Gasteiger partial charge on any atom is 0.236 e. The van der Waals surface area contributed by atoms with E-state index in [-0.39, 0.29) is 5.91 Å². The first-order valence-corrected chi connectivity index (χ1v) is 6.63. The third-order valence-corrected chi connectivity index (χ3v) is 3.26. The van der Waals surface area contributed by atoms with Gasteiger partial charge in [0.1, 0.15) is 0 Å². The highest BCUT2D eigenvalue weighted by molar-refractivity contribution is 9.10. The van der Waals surface area contributed by atoms with E-state index in [4.69, 9.17) is 0 Å². The lowest BCUT2D eigenvalue weighted by Gasteiger charge is -2.15. The van der Waals surface area contributed by atoms with Crippen molar-refractivity contribution in [3.8, 4) is 0 Å². The second-order valence-electron chi connectivity index (χ2n) is 4.20. The lowest BCUT2D eigenvalue weighted by molar-refractivity contribution is -0.129. The summed E-state index contributed by atoms with van der Waals surface area (Å²) in [6.07, 6.45) is 5.83. The van der Waals surface area contributed by atoms with Crippen LogP contribution in [-0.4, -0.2) is 35.4 Å². The van der Waals surface area contributed by atoms with Crippen LogP contribution in [0.4, 0.5) is 0 Å². The van der Waals surface area contributed by atoms with Crippen LogP contribution >= 0.6 is 15.9 Å². The highest BCUT2D eigenvalue weighted by Gasteiger charge is 2.16. The second-order valence-corrected chi connectivity index (χ2v) is 5.12. The van der Waals surface area contributed by atoms with Crippen LogP contribution in [0.25, 0.3) is 0 Å². The van der Waals surface area contributed by atoms with Gasteiger partial charge in [-0.1, -0.05) is 0 Å². The molecule has 0 atom stereocenters. The van der Waals surface area contributed by atoms with E-state index in [1.807, 2.05) is 11.0 Å². The highest BCUT2D eigenvalue weighted by atomic mass is 79.9. The fraction of sp³-hybridized carbons (Fsp3) is 0.500. The number of halogens is 1. The summed E-state index contributed by atoms with van der Waals surface area (Å²) in [7, 11) is 0. The average Bonchev–Trinajstić information content (AvgIpc) is 2.82. The Labute approximate surface area is 110 Å². The normalized spacial score (nSPS) is 15.2. The van der Waals surface area contributed by atoms with Gasteiger partial charge in [0.15, 0.2) is 0 Å². The molecule has 17 heavy (non-hydrogen) atoms. The molecule has 4 nitrogen and oxygen atoms in total. The predicted molar refractivity (Wildman–Crippen MR) is 69.5 cm³/mol. The monoisotopic (exact) mass is 297 g/mol. The fourth-order valence-electron chi connectivity index (χ4n) is 1.94. The summed E-state index contributed by atoms with van der Waals surface area (Å²) in [5.74, 6) is 0.199. The fourth-order valence-corrected chi connectivity index (χ4v) is 2.36. The van der Waals surface area contributed by atoms with Gasteiger partial charge in [0.25, 0.3) is 0 Å². The Balaban J connectivity index is 1.73. The van der Waals surface area contributed by atoms with Gasteiger partial charge in [0.2, 0.25) is 5.91 Å². The van der Waals surface area contributed by atoms with Gasteiger partial charge in [-0.15, -0.1) is 0 Å². The van der Waals surface area contributed by atoms with Crippen LogP contribution in [0.2, 0.25) is 0 Å². The van der Waals surface area contributed by atoms with Crippen molar-refractivity contribution in [3.63, 3.8) is 0 Å². The Morgan fingerprint density at radius 2 is 2.18 bits per heavy atom. The summed E-state index contributed by atoms with van der Waals surface area (Å²) in [6, 6.07) is 2.00. The zero-order chi connectivity index (χ0) is 12.1. The van der Waals surface area contributed by atoms with E-state index < -0.39 is 0 Å². The molecule has 0 aliphatic carbocycles. The van der Waals surface area contributed by atoms with Crippen LogP contribution in [-0.2, 0) is 11.3 Å². The van der Waals surface area contributed by atoms with Gasteiger partial charge < -0.3 is 10.2 Å². The molecule has 0 radical (unpaired) electrons. The largest absolute Gasteiger partial charge is 0.342 e. The molecular formula is C12H16BrN3O. The van der Waals surface area contributed by atoms with Crippen molar-refractivity contribution >= 4 is 21.8 Å². The Bertz CT molecular complexity index is 391. The van der Waals surface area contributed by atoms with Crippen LogP contribution in [0.1, 0.15) is 18.4 Å². The van der Waals surface area contributed by atoms with E-state index in [1.54, 1.807) is 12.4 Å². The van der Waals surface area contributed by atoms with Gasteiger partial charge in [0, 0.05) is 36.5 Å². The highest BCUT2D eigenvalue weighted by Crippen LogP contribution is 2.09.